The summed E-state index contributed by atoms with van der Waals surface area (Å²) in [7, 11) is -0.989. The summed E-state index contributed by atoms with van der Waals surface area (Å²) >= 11 is 19.7. The maximum atomic E-state index is 6.58. The van der Waals surface area contributed by atoms with Crippen molar-refractivity contribution in [1.82, 2.24) is 0 Å². The summed E-state index contributed by atoms with van der Waals surface area (Å²) in [6.07, 6.45) is -3.19. The van der Waals surface area contributed by atoms with Crippen LogP contribution in [0, 0.1) is 6.92 Å². The van der Waals surface area contributed by atoms with Crippen molar-refractivity contribution in [2.75, 3.05) is 4.34 Å². The molecule has 25 heavy (non-hydrogen) atoms. The zero-order valence-electron chi connectivity index (χ0n) is 13.6. The normalized spacial score (nSPS) is 11.6. The zero-order chi connectivity index (χ0) is 17.9. The van der Waals surface area contributed by atoms with Crippen molar-refractivity contribution in [2.45, 2.75) is 6.92 Å². The molecule has 0 aromatic heterocycles. The van der Waals surface area contributed by atoms with E-state index in [0.29, 0.717) is 0 Å². The molecule has 0 fully saturated rings. The van der Waals surface area contributed by atoms with Gasteiger partial charge in [-0.1, -0.05) is 78.4 Å². The van der Waals surface area contributed by atoms with E-state index in [9.17, 15) is 0 Å². The first kappa shape index (κ1) is 18.8. The van der Waals surface area contributed by atoms with E-state index in [1.54, 1.807) is 0 Å². The van der Waals surface area contributed by atoms with E-state index in [-0.39, 0.29) is 0 Å². The molecular formula is C19H17Cl3NPSi. The Morgan fingerprint density at radius 1 is 0.680 bits per heavy atom. The van der Waals surface area contributed by atoms with Crippen LogP contribution in [-0.2, 0) is 0 Å². The van der Waals surface area contributed by atoms with Gasteiger partial charge in [0, 0.05) is 13.8 Å². The fourth-order valence-electron chi connectivity index (χ4n) is 2.58. The maximum absolute atomic E-state index is 6.58. The van der Waals surface area contributed by atoms with Crippen LogP contribution in [0.5, 0.6) is 0 Å². The van der Waals surface area contributed by atoms with Gasteiger partial charge in [-0.15, -0.1) is 33.2 Å². The van der Waals surface area contributed by atoms with Crippen molar-refractivity contribution >= 4 is 63.8 Å². The van der Waals surface area contributed by atoms with Gasteiger partial charge in [-0.3, -0.25) is 0 Å². The number of hydrogen-bond donors (Lipinski definition) is 0. The Morgan fingerprint density at radius 3 is 1.52 bits per heavy atom. The molecule has 0 atom stereocenters. The van der Waals surface area contributed by atoms with Crippen molar-refractivity contribution in [3.63, 3.8) is 0 Å². The van der Waals surface area contributed by atoms with Crippen LogP contribution in [0.4, 0.5) is 5.69 Å². The summed E-state index contributed by atoms with van der Waals surface area (Å²) in [5.41, 5.74) is 2.12. The molecule has 3 aromatic rings. The van der Waals surface area contributed by atoms with Crippen molar-refractivity contribution in [2.24, 2.45) is 0 Å². The Bertz CT molecular complexity index is 768. The second-order valence-electron chi connectivity index (χ2n) is 5.60. The Balaban J connectivity index is 2.18. The van der Waals surface area contributed by atoms with Crippen LogP contribution in [0.3, 0.4) is 0 Å². The molecule has 6 heteroatoms. The lowest BCUT2D eigenvalue weighted by Gasteiger charge is -2.38. The van der Waals surface area contributed by atoms with Gasteiger partial charge in [0.15, 0.2) is 0 Å². The van der Waals surface area contributed by atoms with Gasteiger partial charge in [-0.05, 0) is 29.7 Å². The fourth-order valence-corrected chi connectivity index (χ4v) is 9.57. The predicted molar refractivity (Wildman–Crippen MR) is 116 cm³/mol. The van der Waals surface area contributed by atoms with Gasteiger partial charge in [-0.2, -0.15) is 0 Å². The average molecular weight is 425 g/mol. The van der Waals surface area contributed by atoms with E-state index in [1.807, 2.05) is 52.9 Å². The number of halogens is 3. The van der Waals surface area contributed by atoms with Crippen LogP contribution in [-0.4, -0.2) is 6.16 Å². The topological polar surface area (TPSA) is 3.24 Å². The third-order valence-electron chi connectivity index (χ3n) is 3.72. The predicted octanol–water partition coefficient (Wildman–Crippen LogP) is 6.00. The SMILES string of the molecule is Cc1ccc(N(P(c2ccccc2)c2ccccc2)[Si](Cl)(Cl)Cl)cc1. The van der Waals surface area contributed by atoms with Crippen LogP contribution in [0.2, 0.25) is 0 Å². The fraction of sp³-hybridized carbons (Fsp3) is 0.0526. The largest absolute Gasteiger partial charge is 0.458 e. The van der Waals surface area contributed by atoms with Crippen LogP contribution in [0.25, 0.3) is 0 Å². The molecule has 0 spiro atoms. The smallest absolute Gasteiger partial charge is 0.333 e. The Labute approximate surface area is 165 Å². The molecule has 0 unspecified atom stereocenters. The summed E-state index contributed by atoms with van der Waals surface area (Å²) < 4.78 is 2.02. The molecule has 128 valence electrons. The van der Waals surface area contributed by atoms with Gasteiger partial charge in [0.25, 0.3) is 0 Å². The highest BCUT2D eigenvalue weighted by Gasteiger charge is 2.41. The quantitative estimate of drug-likeness (QED) is 0.276. The Hall–Kier alpha value is -1.02. The second-order valence-corrected chi connectivity index (χ2v) is 16.1. The van der Waals surface area contributed by atoms with Gasteiger partial charge in [-0.25, -0.2) is 0 Å². The molecule has 0 N–H and O–H groups in total. The Kier molecular flexibility index (Phi) is 6.09. The standard InChI is InChI=1S/C19H17Cl3NPSi/c1-16-12-14-17(15-13-16)23(25(20,21)22)24(18-8-4-2-5-9-18)19-10-6-3-7-11-19/h2-15H,1H3. The van der Waals surface area contributed by atoms with Gasteiger partial charge in [0.05, 0.1) is 0 Å². The number of nitrogens with zero attached hydrogens (tertiary/aromatic N) is 1. The maximum Gasteiger partial charge on any atom is 0.458 e. The summed E-state index contributed by atoms with van der Waals surface area (Å²) in [6, 6.07) is 28.7. The van der Waals surface area contributed by atoms with Gasteiger partial charge < -0.3 is 4.34 Å². The van der Waals surface area contributed by atoms with Gasteiger partial charge >= 0.3 is 6.16 Å². The molecule has 0 bridgehead atoms. The first-order chi connectivity index (χ1) is 12.0. The zero-order valence-corrected chi connectivity index (χ0v) is 17.8. The molecule has 0 saturated carbocycles. The number of hydrogen-bond acceptors (Lipinski definition) is 1. The first-order valence-corrected chi connectivity index (χ1v) is 14.1. The van der Waals surface area contributed by atoms with Crippen molar-refractivity contribution in [3.05, 3.63) is 90.5 Å². The number of benzene rings is 3. The van der Waals surface area contributed by atoms with E-state index in [1.165, 1.54) is 5.56 Å². The summed E-state index contributed by atoms with van der Waals surface area (Å²) in [5, 5.41) is 2.31. The Morgan fingerprint density at radius 2 is 1.12 bits per heavy atom. The molecule has 0 amide bonds. The van der Waals surface area contributed by atoms with E-state index in [4.69, 9.17) is 33.2 Å². The monoisotopic (exact) mass is 423 g/mol. The molecule has 0 aliphatic heterocycles. The third-order valence-corrected chi connectivity index (χ3v) is 10.7. The molecule has 3 rings (SSSR count). The molecule has 0 saturated heterocycles. The molecule has 0 aliphatic carbocycles. The number of rotatable bonds is 5. The van der Waals surface area contributed by atoms with Crippen LogP contribution < -0.4 is 14.9 Å². The van der Waals surface area contributed by atoms with Crippen LogP contribution >= 0.6 is 41.3 Å². The highest BCUT2D eigenvalue weighted by atomic mass is 35.8. The van der Waals surface area contributed by atoms with E-state index < -0.39 is 14.2 Å². The minimum absolute atomic E-state index is 0.941. The molecule has 1 nitrogen and oxygen atoms in total. The van der Waals surface area contributed by atoms with Crippen molar-refractivity contribution in [3.8, 4) is 0 Å². The summed E-state index contributed by atoms with van der Waals surface area (Å²) in [5.74, 6) is 0. The van der Waals surface area contributed by atoms with E-state index in [2.05, 4.69) is 43.3 Å². The molecule has 0 radical (unpaired) electrons. The third kappa shape index (κ3) is 4.58. The summed E-state index contributed by atoms with van der Waals surface area (Å²) in [6.45, 7) is 2.05. The van der Waals surface area contributed by atoms with Gasteiger partial charge in [0.1, 0.15) is 0 Å². The number of anilines is 1. The molecule has 3 aromatic carbocycles. The van der Waals surface area contributed by atoms with Crippen LogP contribution in [0.15, 0.2) is 84.9 Å². The summed E-state index contributed by atoms with van der Waals surface area (Å²) in [4.78, 5) is 0. The molecule has 0 aliphatic rings. The molecular weight excluding hydrogens is 408 g/mol. The van der Waals surface area contributed by atoms with Crippen molar-refractivity contribution in [1.29, 1.82) is 0 Å². The minimum atomic E-state index is -3.19. The lowest BCUT2D eigenvalue weighted by Crippen LogP contribution is -2.41. The lowest BCUT2D eigenvalue weighted by molar-refractivity contribution is 1.45. The molecule has 0 heterocycles. The minimum Gasteiger partial charge on any atom is -0.333 e. The van der Waals surface area contributed by atoms with E-state index in [0.717, 1.165) is 16.3 Å². The van der Waals surface area contributed by atoms with Gasteiger partial charge in [0.2, 0.25) is 0 Å². The first-order valence-electron chi connectivity index (χ1n) is 7.80. The highest BCUT2D eigenvalue weighted by Crippen LogP contribution is 2.49. The highest BCUT2D eigenvalue weighted by molar-refractivity contribution is 7.84. The lowest BCUT2D eigenvalue weighted by atomic mass is 10.2. The van der Waals surface area contributed by atoms with E-state index >= 15 is 0 Å². The number of aryl methyl sites for hydroxylation is 1. The van der Waals surface area contributed by atoms with Crippen LogP contribution in [0.1, 0.15) is 5.56 Å². The average Bonchev–Trinajstić information content (AvgIpc) is 2.61. The van der Waals surface area contributed by atoms with Crippen molar-refractivity contribution < 1.29 is 0 Å². The second kappa shape index (κ2) is 8.12.